The Hall–Kier alpha value is -0.600. The van der Waals surface area contributed by atoms with Crippen LogP contribution in [0.3, 0.4) is 0 Å². The highest BCUT2D eigenvalue weighted by atomic mass is 16.3. The maximum atomic E-state index is 8.77. The monoisotopic (exact) mass is 156 g/mol. The lowest BCUT2D eigenvalue weighted by Gasteiger charge is -1.95. The SMILES string of the molecule is C/C=C\C(=C/CCCO)CO. The number of hydrogen-bond acceptors (Lipinski definition) is 2. The number of unbranched alkanes of at least 4 members (excludes halogenated alkanes) is 1. The molecule has 0 aromatic carbocycles. The molecule has 0 bridgehead atoms. The normalized spacial score (nSPS) is 12.8. The van der Waals surface area contributed by atoms with Crippen LogP contribution in [-0.4, -0.2) is 23.4 Å². The average molecular weight is 156 g/mol. The third kappa shape index (κ3) is 5.83. The van der Waals surface area contributed by atoms with Crippen LogP contribution in [0, 0.1) is 0 Å². The predicted octanol–water partition coefficient (Wildman–Crippen LogP) is 1.25. The molecule has 11 heavy (non-hydrogen) atoms. The van der Waals surface area contributed by atoms with E-state index in [4.69, 9.17) is 10.2 Å². The van der Waals surface area contributed by atoms with Crippen molar-refractivity contribution >= 4 is 0 Å². The van der Waals surface area contributed by atoms with Gasteiger partial charge >= 0.3 is 0 Å². The van der Waals surface area contributed by atoms with Gasteiger partial charge in [-0.15, -0.1) is 0 Å². The van der Waals surface area contributed by atoms with Crippen molar-refractivity contribution in [2.75, 3.05) is 13.2 Å². The summed E-state index contributed by atoms with van der Waals surface area (Å²) in [6.07, 6.45) is 7.30. The summed E-state index contributed by atoms with van der Waals surface area (Å²) in [5.41, 5.74) is 0.918. The minimum atomic E-state index is 0.0791. The van der Waals surface area contributed by atoms with E-state index < -0.39 is 0 Å². The van der Waals surface area contributed by atoms with Crippen molar-refractivity contribution in [3.05, 3.63) is 23.8 Å². The lowest BCUT2D eigenvalue weighted by Crippen LogP contribution is -1.87. The lowest BCUT2D eigenvalue weighted by molar-refractivity contribution is 0.289. The van der Waals surface area contributed by atoms with E-state index in [-0.39, 0.29) is 13.2 Å². The molecule has 0 amide bonds. The smallest absolute Gasteiger partial charge is 0.0678 e. The van der Waals surface area contributed by atoms with Crippen LogP contribution >= 0.6 is 0 Å². The molecule has 0 saturated heterocycles. The van der Waals surface area contributed by atoms with Gasteiger partial charge in [0.05, 0.1) is 6.61 Å². The molecular weight excluding hydrogens is 140 g/mol. The molecule has 0 aliphatic rings. The first kappa shape index (κ1) is 10.4. The summed E-state index contributed by atoms with van der Waals surface area (Å²) >= 11 is 0. The van der Waals surface area contributed by atoms with Gasteiger partial charge in [-0.3, -0.25) is 0 Å². The first-order valence-corrected chi connectivity index (χ1v) is 3.88. The van der Waals surface area contributed by atoms with Crippen LogP contribution in [-0.2, 0) is 0 Å². The van der Waals surface area contributed by atoms with Crippen molar-refractivity contribution in [3.8, 4) is 0 Å². The maximum absolute atomic E-state index is 8.77. The Kier molecular flexibility index (Phi) is 7.10. The van der Waals surface area contributed by atoms with Crippen molar-refractivity contribution in [1.82, 2.24) is 0 Å². The fourth-order valence-corrected chi connectivity index (χ4v) is 0.778. The predicted molar refractivity (Wildman–Crippen MR) is 46.3 cm³/mol. The van der Waals surface area contributed by atoms with Gasteiger partial charge < -0.3 is 10.2 Å². The van der Waals surface area contributed by atoms with Gasteiger partial charge in [-0.2, -0.15) is 0 Å². The molecule has 0 aromatic rings. The zero-order valence-electron chi connectivity index (χ0n) is 6.95. The van der Waals surface area contributed by atoms with Crippen LogP contribution in [0.1, 0.15) is 19.8 Å². The van der Waals surface area contributed by atoms with Gasteiger partial charge in [-0.1, -0.05) is 18.2 Å². The molecule has 0 saturated carbocycles. The summed E-state index contributed by atoms with van der Waals surface area (Å²) in [5.74, 6) is 0. The molecule has 0 radical (unpaired) electrons. The molecular formula is C9H16O2. The molecule has 0 unspecified atom stereocenters. The molecule has 0 spiro atoms. The number of aliphatic hydroxyl groups excluding tert-OH is 2. The fourth-order valence-electron chi connectivity index (χ4n) is 0.778. The maximum Gasteiger partial charge on any atom is 0.0678 e. The standard InChI is InChI=1S/C9H16O2/c1-2-5-9(8-11)6-3-4-7-10/h2,5-6,10-11H,3-4,7-8H2,1H3/b5-2-,9-6+. The Labute approximate surface area is 67.9 Å². The van der Waals surface area contributed by atoms with Crippen molar-refractivity contribution in [2.45, 2.75) is 19.8 Å². The van der Waals surface area contributed by atoms with E-state index in [2.05, 4.69) is 0 Å². The van der Waals surface area contributed by atoms with Gasteiger partial charge in [0.1, 0.15) is 0 Å². The zero-order valence-corrected chi connectivity index (χ0v) is 6.95. The van der Waals surface area contributed by atoms with Crippen LogP contribution in [0.5, 0.6) is 0 Å². The van der Waals surface area contributed by atoms with Gasteiger partial charge in [0.2, 0.25) is 0 Å². The Morgan fingerprint density at radius 2 is 2.09 bits per heavy atom. The van der Waals surface area contributed by atoms with Crippen LogP contribution in [0.4, 0.5) is 0 Å². The first-order chi connectivity index (χ1) is 5.35. The summed E-state index contributed by atoms with van der Waals surface area (Å²) in [4.78, 5) is 0. The number of rotatable bonds is 5. The summed E-state index contributed by atoms with van der Waals surface area (Å²) in [7, 11) is 0. The number of allylic oxidation sites excluding steroid dienone is 2. The Morgan fingerprint density at radius 1 is 1.36 bits per heavy atom. The van der Waals surface area contributed by atoms with E-state index in [9.17, 15) is 0 Å². The molecule has 2 N–H and O–H groups in total. The number of hydrogen-bond donors (Lipinski definition) is 2. The van der Waals surface area contributed by atoms with Crippen molar-refractivity contribution in [1.29, 1.82) is 0 Å². The molecule has 0 atom stereocenters. The third-order valence-electron chi connectivity index (χ3n) is 1.33. The number of aliphatic hydroxyl groups is 2. The van der Waals surface area contributed by atoms with Gasteiger partial charge in [0.15, 0.2) is 0 Å². The summed E-state index contributed by atoms with van der Waals surface area (Å²) in [6, 6.07) is 0. The molecule has 0 aromatic heterocycles. The van der Waals surface area contributed by atoms with Gasteiger partial charge in [-0.25, -0.2) is 0 Å². The minimum absolute atomic E-state index is 0.0791. The first-order valence-electron chi connectivity index (χ1n) is 3.88. The zero-order chi connectivity index (χ0) is 8.53. The van der Waals surface area contributed by atoms with Gasteiger partial charge in [-0.05, 0) is 25.3 Å². The van der Waals surface area contributed by atoms with Crippen LogP contribution in [0.15, 0.2) is 23.8 Å². The van der Waals surface area contributed by atoms with Crippen LogP contribution in [0.25, 0.3) is 0 Å². The van der Waals surface area contributed by atoms with Gasteiger partial charge in [0, 0.05) is 6.61 Å². The van der Waals surface area contributed by atoms with Gasteiger partial charge in [0.25, 0.3) is 0 Å². The quantitative estimate of drug-likeness (QED) is 0.464. The topological polar surface area (TPSA) is 40.5 Å². The Balaban J connectivity index is 3.71. The average Bonchev–Trinajstić information content (AvgIpc) is 2.03. The summed E-state index contributed by atoms with van der Waals surface area (Å²) < 4.78 is 0. The van der Waals surface area contributed by atoms with Crippen LogP contribution in [0.2, 0.25) is 0 Å². The van der Waals surface area contributed by atoms with E-state index in [0.717, 1.165) is 18.4 Å². The fraction of sp³-hybridized carbons (Fsp3) is 0.556. The molecule has 0 heterocycles. The second-order valence-electron chi connectivity index (χ2n) is 2.30. The molecule has 2 nitrogen and oxygen atoms in total. The lowest BCUT2D eigenvalue weighted by atomic mass is 10.2. The molecule has 0 aliphatic carbocycles. The second kappa shape index (κ2) is 7.51. The summed E-state index contributed by atoms with van der Waals surface area (Å²) in [5, 5.41) is 17.2. The molecule has 0 rings (SSSR count). The van der Waals surface area contributed by atoms with E-state index >= 15 is 0 Å². The molecule has 0 aliphatic heterocycles. The second-order valence-corrected chi connectivity index (χ2v) is 2.30. The van der Waals surface area contributed by atoms with E-state index in [0.29, 0.717) is 0 Å². The van der Waals surface area contributed by atoms with E-state index in [1.54, 1.807) is 0 Å². The Morgan fingerprint density at radius 3 is 2.55 bits per heavy atom. The highest BCUT2D eigenvalue weighted by molar-refractivity contribution is 5.18. The van der Waals surface area contributed by atoms with Crippen molar-refractivity contribution in [2.24, 2.45) is 0 Å². The molecule has 2 heteroatoms. The molecule has 64 valence electrons. The highest BCUT2D eigenvalue weighted by Gasteiger charge is 1.87. The van der Waals surface area contributed by atoms with E-state index in [1.807, 2.05) is 25.2 Å². The third-order valence-corrected chi connectivity index (χ3v) is 1.33. The van der Waals surface area contributed by atoms with Crippen molar-refractivity contribution in [3.63, 3.8) is 0 Å². The summed E-state index contributed by atoms with van der Waals surface area (Å²) in [6.45, 7) is 2.20. The van der Waals surface area contributed by atoms with Crippen LogP contribution < -0.4 is 0 Å². The minimum Gasteiger partial charge on any atom is -0.396 e. The molecule has 0 fully saturated rings. The largest absolute Gasteiger partial charge is 0.396 e. The highest BCUT2D eigenvalue weighted by Crippen LogP contribution is 1.99. The van der Waals surface area contributed by atoms with E-state index in [1.165, 1.54) is 0 Å². The Bertz CT molecular complexity index is 136. The van der Waals surface area contributed by atoms with Crippen molar-refractivity contribution < 1.29 is 10.2 Å².